The van der Waals surface area contributed by atoms with Crippen LogP contribution in [0.2, 0.25) is 0 Å². The summed E-state index contributed by atoms with van der Waals surface area (Å²) in [5, 5.41) is 14.9. The molecule has 8 nitrogen and oxygen atoms in total. The number of nitrogens with two attached hydrogens (primary N) is 1. The molecule has 0 spiro atoms. The number of carbonyl (C=O) groups excluding carboxylic acids is 1. The van der Waals surface area contributed by atoms with Crippen molar-refractivity contribution in [3.8, 4) is 0 Å². The van der Waals surface area contributed by atoms with Crippen molar-refractivity contribution in [2.45, 2.75) is 30.0 Å². The lowest BCUT2D eigenvalue weighted by Crippen LogP contribution is -2.66. The van der Waals surface area contributed by atoms with Crippen LogP contribution in [0.25, 0.3) is 0 Å². The van der Waals surface area contributed by atoms with E-state index in [0.29, 0.717) is 11.6 Å². The normalized spacial score (nSPS) is 27.1. The molecule has 2 saturated heterocycles. The van der Waals surface area contributed by atoms with E-state index in [9.17, 15) is 4.79 Å². The molecule has 23 heavy (non-hydrogen) atoms. The molecule has 0 aliphatic carbocycles. The number of carbonyl (C=O) groups is 1. The maximum atomic E-state index is 12.0. The number of thioether (sulfide) groups is 1. The van der Waals surface area contributed by atoms with Gasteiger partial charge < -0.3 is 16.0 Å². The summed E-state index contributed by atoms with van der Waals surface area (Å²) in [6, 6.07) is 0.132. The largest absolute Gasteiger partial charge is 0.374 e. The molecule has 0 radical (unpaired) electrons. The molecule has 3 heterocycles. The number of likely N-dealkylation sites (N-methyl/N-ethyl adjacent to an activating group) is 1. The lowest BCUT2D eigenvalue weighted by molar-refractivity contribution is -0.127. The fraction of sp³-hybridized carbons (Fsp3) is 0.769. The summed E-state index contributed by atoms with van der Waals surface area (Å²) < 4.78 is 0.850. The summed E-state index contributed by atoms with van der Waals surface area (Å²) in [4.78, 5) is 16.8. The minimum atomic E-state index is -0.0691. The van der Waals surface area contributed by atoms with Gasteiger partial charge in [-0.05, 0) is 6.54 Å². The molecule has 2 aliphatic rings. The van der Waals surface area contributed by atoms with Crippen LogP contribution in [0, 0.1) is 0 Å². The van der Waals surface area contributed by atoms with Crippen LogP contribution in [0.3, 0.4) is 0 Å². The number of nitrogens with one attached hydrogen (secondary N) is 2. The highest BCUT2D eigenvalue weighted by Gasteiger charge is 2.31. The number of aromatic nitrogens is 2. The van der Waals surface area contributed by atoms with Crippen LogP contribution in [0.5, 0.6) is 0 Å². The average Bonchev–Trinajstić information content (AvgIpc) is 2.98. The highest BCUT2D eigenvalue weighted by molar-refractivity contribution is 8.01. The van der Waals surface area contributed by atoms with E-state index in [4.69, 9.17) is 5.73 Å². The van der Waals surface area contributed by atoms with Gasteiger partial charge in [-0.2, -0.15) is 0 Å². The number of amides is 1. The molecule has 128 valence electrons. The van der Waals surface area contributed by atoms with Crippen molar-refractivity contribution in [1.82, 2.24) is 30.6 Å². The number of hydrogen-bond acceptors (Lipinski definition) is 9. The van der Waals surface area contributed by atoms with Crippen molar-refractivity contribution in [3.63, 3.8) is 0 Å². The van der Waals surface area contributed by atoms with Gasteiger partial charge in [0.05, 0.1) is 0 Å². The van der Waals surface area contributed by atoms with Crippen LogP contribution < -0.4 is 16.4 Å². The summed E-state index contributed by atoms with van der Waals surface area (Å²) in [5.41, 5.74) is 5.59. The van der Waals surface area contributed by atoms with E-state index >= 15 is 0 Å². The lowest BCUT2D eigenvalue weighted by atomic mass is 10.2. The molecule has 1 amide bonds. The van der Waals surface area contributed by atoms with Crippen LogP contribution >= 0.6 is 23.1 Å². The third-order valence-corrected chi connectivity index (χ3v) is 6.22. The Hall–Kier alpha value is -0.940. The Labute approximate surface area is 144 Å². The second kappa shape index (κ2) is 7.75. The third kappa shape index (κ3) is 4.54. The molecule has 2 fully saturated rings. The molecule has 0 saturated carbocycles. The molecule has 1 aromatic heterocycles. The van der Waals surface area contributed by atoms with E-state index in [-0.39, 0.29) is 18.2 Å². The van der Waals surface area contributed by atoms with Crippen LogP contribution in [0.1, 0.15) is 13.3 Å². The fourth-order valence-corrected chi connectivity index (χ4v) is 4.55. The number of nitrogens with zero attached hydrogens (tertiary/aromatic N) is 4. The van der Waals surface area contributed by atoms with Gasteiger partial charge in [0.15, 0.2) is 4.34 Å². The van der Waals surface area contributed by atoms with Gasteiger partial charge in [-0.15, -0.1) is 10.2 Å². The van der Waals surface area contributed by atoms with Crippen molar-refractivity contribution >= 4 is 34.1 Å². The van der Waals surface area contributed by atoms with E-state index in [1.807, 2.05) is 0 Å². The van der Waals surface area contributed by atoms with Crippen molar-refractivity contribution in [3.05, 3.63) is 0 Å². The van der Waals surface area contributed by atoms with Gasteiger partial charge in [0.2, 0.25) is 11.0 Å². The average molecular weight is 358 g/mol. The molecule has 0 aromatic carbocycles. The number of anilines is 1. The molecule has 2 atom stereocenters. The maximum absolute atomic E-state index is 12.0. The van der Waals surface area contributed by atoms with Gasteiger partial charge >= 0.3 is 0 Å². The molecule has 4 N–H and O–H groups in total. The summed E-state index contributed by atoms with van der Waals surface area (Å²) >= 11 is 2.98. The molecule has 0 bridgehead atoms. The van der Waals surface area contributed by atoms with Crippen molar-refractivity contribution < 1.29 is 4.79 Å². The summed E-state index contributed by atoms with van der Waals surface area (Å²) in [6.45, 7) is 7.31. The lowest BCUT2D eigenvalue weighted by Gasteiger charge is -2.42. The Morgan fingerprint density at radius 3 is 2.78 bits per heavy atom. The molecular weight excluding hydrogens is 334 g/mol. The SMILES string of the molecule is CCN1CCN(C2NC(=O)CC(CSc3nnc(N)s3)N2)CC1. The molecule has 2 aliphatic heterocycles. The minimum absolute atomic E-state index is 0.0691. The van der Waals surface area contributed by atoms with E-state index < -0.39 is 0 Å². The summed E-state index contributed by atoms with van der Waals surface area (Å²) in [6.07, 6.45) is 0.424. The van der Waals surface area contributed by atoms with Crippen molar-refractivity contribution in [2.75, 3.05) is 44.2 Å². The van der Waals surface area contributed by atoms with Gasteiger partial charge in [0.1, 0.15) is 6.29 Å². The Kier molecular flexibility index (Phi) is 5.70. The monoisotopic (exact) mass is 357 g/mol. The Morgan fingerprint density at radius 1 is 1.35 bits per heavy atom. The van der Waals surface area contributed by atoms with Crippen LogP contribution in [0.15, 0.2) is 4.34 Å². The first-order valence-corrected chi connectivity index (χ1v) is 9.68. The van der Waals surface area contributed by atoms with Gasteiger partial charge in [-0.3, -0.25) is 15.0 Å². The zero-order chi connectivity index (χ0) is 16.2. The standard InChI is InChI=1S/C13H23N7OS2/c1-2-19-3-5-20(6-4-19)12-15-9(7-10(21)16-12)8-22-13-18-17-11(14)23-13/h9,12,15H,2-8H2,1H3,(H2,14,17)(H,16,21). The highest BCUT2D eigenvalue weighted by atomic mass is 32.2. The maximum Gasteiger partial charge on any atom is 0.223 e. The number of rotatable bonds is 5. The zero-order valence-corrected chi connectivity index (χ0v) is 14.8. The number of nitrogen functional groups attached to an aromatic ring is 1. The smallest absolute Gasteiger partial charge is 0.223 e. The van der Waals surface area contributed by atoms with E-state index in [1.165, 1.54) is 11.3 Å². The van der Waals surface area contributed by atoms with Crippen LogP contribution in [-0.4, -0.2) is 76.7 Å². The molecule has 3 rings (SSSR count). The molecule has 2 unspecified atom stereocenters. The van der Waals surface area contributed by atoms with Crippen LogP contribution in [0.4, 0.5) is 5.13 Å². The topological polar surface area (TPSA) is 99.4 Å². The summed E-state index contributed by atoms with van der Waals surface area (Å²) in [7, 11) is 0. The van der Waals surface area contributed by atoms with Crippen LogP contribution in [-0.2, 0) is 4.79 Å². The van der Waals surface area contributed by atoms with Gasteiger partial charge in [-0.1, -0.05) is 30.0 Å². The summed E-state index contributed by atoms with van der Waals surface area (Å²) in [5.74, 6) is 0.891. The zero-order valence-electron chi connectivity index (χ0n) is 13.2. The first-order chi connectivity index (χ1) is 11.1. The van der Waals surface area contributed by atoms with E-state index in [0.717, 1.165) is 42.8 Å². The molecule has 10 heteroatoms. The van der Waals surface area contributed by atoms with E-state index in [2.05, 4.69) is 37.6 Å². The minimum Gasteiger partial charge on any atom is -0.374 e. The first kappa shape index (κ1) is 16.9. The predicted octanol–water partition coefficient (Wildman–Crippen LogP) is -0.388. The fourth-order valence-electron chi connectivity index (χ4n) is 2.85. The highest BCUT2D eigenvalue weighted by Crippen LogP contribution is 2.25. The van der Waals surface area contributed by atoms with Crippen molar-refractivity contribution in [2.24, 2.45) is 0 Å². The third-order valence-electron chi connectivity index (χ3n) is 4.17. The van der Waals surface area contributed by atoms with Gasteiger partial charge in [0.25, 0.3) is 0 Å². The number of hydrogen-bond donors (Lipinski definition) is 3. The van der Waals surface area contributed by atoms with E-state index in [1.54, 1.807) is 11.8 Å². The molecular formula is C13H23N7OS2. The van der Waals surface area contributed by atoms with Crippen molar-refractivity contribution in [1.29, 1.82) is 0 Å². The second-order valence-corrected chi connectivity index (χ2v) is 8.00. The first-order valence-electron chi connectivity index (χ1n) is 7.87. The van der Waals surface area contributed by atoms with Gasteiger partial charge in [-0.25, -0.2) is 0 Å². The van der Waals surface area contributed by atoms with Gasteiger partial charge in [0, 0.05) is 44.4 Å². The Bertz CT molecular complexity index is 532. The number of piperazine rings is 1. The second-order valence-electron chi connectivity index (χ2n) is 5.73. The predicted molar refractivity (Wildman–Crippen MR) is 92.2 cm³/mol. The Morgan fingerprint density at radius 2 is 2.13 bits per heavy atom. The quantitative estimate of drug-likeness (QED) is 0.613. The Balaban J connectivity index is 1.51. The molecule has 1 aromatic rings.